The van der Waals surface area contributed by atoms with E-state index >= 15 is 0 Å². The van der Waals surface area contributed by atoms with Crippen LogP contribution in [-0.2, 0) is 13.0 Å². The molecule has 0 bridgehead atoms. The Balaban J connectivity index is 1.64. The molecular formula is C18H14F2N4O2. The highest BCUT2D eigenvalue weighted by Gasteiger charge is 2.17. The van der Waals surface area contributed by atoms with E-state index in [9.17, 15) is 13.6 Å². The topological polar surface area (TPSA) is 84.7 Å². The Kier molecular flexibility index (Phi) is 5.17. The zero-order chi connectivity index (χ0) is 18.5. The predicted molar refractivity (Wildman–Crippen MR) is 88.4 cm³/mol. The fourth-order valence-corrected chi connectivity index (χ4v) is 2.46. The summed E-state index contributed by atoms with van der Waals surface area (Å²) in [4.78, 5) is 12.2. The third-order valence-electron chi connectivity index (χ3n) is 3.82. The lowest BCUT2D eigenvalue weighted by molar-refractivity contribution is 0.116. The van der Waals surface area contributed by atoms with Gasteiger partial charge in [-0.05, 0) is 36.6 Å². The van der Waals surface area contributed by atoms with Gasteiger partial charge in [0.15, 0.2) is 0 Å². The lowest BCUT2D eigenvalue weighted by Crippen LogP contribution is -2.18. The molecule has 6 nitrogen and oxygen atoms in total. The number of hydrogen-bond acceptors (Lipinski definition) is 5. The summed E-state index contributed by atoms with van der Waals surface area (Å²) < 4.78 is 31.3. The molecule has 0 aliphatic carbocycles. The quantitative estimate of drug-likeness (QED) is 0.676. The molecule has 132 valence electrons. The number of aromatic nitrogens is 3. The van der Waals surface area contributed by atoms with Crippen LogP contribution in [0.5, 0.6) is 0 Å². The summed E-state index contributed by atoms with van der Waals surface area (Å²) in [5, 5.41) is 15.5. The molecule has 1 aromatic carbocycles. The van der Waals surface area contributed by atoms with E-state index in [0.29, 0.717) is 17.7 Å². The van der Waals surface area contributed by atoms with Crippen molar-refractivity contribution in [2.24, 2.45) is 0 Å². The third-order valence-corrected chi connectivity index (χ3v) is 3.82. The summed E-state index contributed by atoms with van der Waals surface area (Å²) in [6.07, 6.45) is 0.226. The fraction of sp³-hybridized carbons (Fsp3) is 0.222. The summed E-state index contributed by atoms with van der Waals surface area (Å²) in [5.74, 6) is -0.881. The van der Waals surface area contributed by atoms with Gasteiger partial charge in [0, 0.05) is 24.4 Å². The first kappa shape index (κ1) is 17.5. The van der Waals surface area contributed by atoms with Crippen molar-refractivity contribution in [2.75, 3.05) is 0 Å². The van der Waals surface area contributed by atoms with Gasteiger partial charge in [0.1, 0.15) is 0 Å². The molecule has 3 aromatic rings. The molecule has 0 amide bonds. The van der Waals surface area contributed by atoms with Gasteiger partial charge in [0.2, 0.25) is 5.89 Å². The van der Waals surface area contributed by atoms with Gasteiger partial charge in [0.05, 0.1) is 11.6 Å². The van der Waals surface area contributed by atoms with Crippen molar-refractivity contribution in [3.8, 4) is 17.5 Å². The summed E-state index contributed by atoms with van der Waals surface area (Å²) in [6, 6.07) is 12.2. The number of aryl methyl sites for hydroxylation is 2. The van der Waals surface area contributed by atoms with Crippen LogP contribution in [0.4, 0.5) is 8.78 Å². The molecule has 0 atom stereocenters. The molecule has 2 aromatic heterocycles. The highest BCUT2D eigenvalue weighted by molar-refractivity contribution is 5.50. The lowest BCUT2D eigenvalue weighted by Gasteiger charge is -2.06. The molecule has 0 fully saturated rings. The number of alkyl halides is 2. The maximum atomic E-state index is 12.5. The number of benzene rings is 1. The molecule has 0 saturated carbocycles. The van der Waals surface area contributed by atoms with Gasteiger partial charge >= 0.3 is 6.43 Å². The van der Waals surface area contributed by atoms with Gasteiger partial charge < -0.3 is 8.98 Å². The average molecular weight is 356 g/mol. The van der Waals surface area contributed by atoms with E-state index in [1.807, 2.05) is 12.1 Å². The Labute approximate surface area is 147 Å². The summed E-state index contributed by atoms with van der Waals surface area (Å²) >= 11 is 0. The molecule has 3 rings (SSSR count). The Morgan fingerprint density at radius 2 is 1.96 bits per heavy atom. The average Bonchev–Trinajstić information content (AvgIpc) is 3.14. The van der Waals surface area contributed by atoms with Crippen LogP contribution < -0.4 is 5.56 Å². The van der Waals surface area contributed by atoms with E-state index < -0.39 is 12.3 Å². The molecule has 0 spiro atoms. The summed E-state index contributed by atoms with van der Waals surface area (Å²) in [7, 11) is 0. The monoisotopic (exact) mass is 356 g/mol. The number of nitriles is 1. The summed E-state index contributed by atoms with van der Waals surface area (Å²) in [5.41, 5.74) is 1.72. The van der Waals surface area contributed by atoms with Gasteiger partial charge in [0.25, 0.3) is 11.4 Å². The van der Waals surface area contributed by atoms with Crippen LogP contribution in [-0.4, -0.2) is 14.8 Å². The Morgan fingerprint density at radius 1 is 1.19 bits per heavy atom. The van der Waals surface area contributed by atoms with Crippen molar-refractivity contribution in [1.29, 1.82) is 5.26 Å². The van der Waals surface area contributed by atoms with Gasteiger partial charge in [-0.15, -0.1) is 10.2 Å². The molecule has 0 aliphatic rings. The Hall–Kier alpha value is -3.34. The molecule has 8 heteroatoms. The second kappa shape index (κ2) is 7.70. The first-order valence-electron chi connectivity index (χ1n) is 7.88. The van der Waals surface area contributed by atoms with Crippen molar-refractivity contribution < 1.29 is 13.2 Å². The van der Waals surface area contributed by atoms with E-state index in [2.05, 4.69) is 16.3 Å². The van der Waals surface area contributed by atoms with Gasteiger partial charge in [-0.25, -0.2) is 0 Å². The minimum atomic E-state index is -2.85. The predicted octanol–water partition coefficient (Wildman–Crippen LogP) is 3.34. The van der Waals surface area contributed by atoms with Crippen LogP contribution in [0.2, 0.25) is 0 Å². The minimum Gasteiger partial charge on any atom is -0.415 e. The maximum absolute atomic E-state index is 12.5. The standard InChI is InChI=1S/C18H14F2N4O2/c19-16(20)18-23-22-17(26-18)14-7-9-24(15(25)10-14)8-1-2-12-3-5-13(11-21)6-4-12/h3-7,9-10,16H,1-2,8H2. The van der Waals surface area contributed by atoms with E-state index in [4.69, 9.17) is 9.68 Å². The van der Waals surface area contributed by atoms with Gasteiger partial charge in [-0.1, -0.05) is 12.1 Å². The lowest BCUT2D eigenvalue weighted by atomic mass is 10.1. The summed E-state index contributed by atoms with van der Waals surface area (Å²) in [6.45, 7) is 0.505. The van der Waals surface area contributed by atoms with Crippen LogP contribution in [0.3, 0.4) is 0 Å². The fourth-order valence-electron chi connectivity index (χ4n) is 2.46. The van der Waals surface area contributed by atoms with Gasteiger partial charge in [-0.2, -0.15) is 14.0 Å². The zero-order valence-corrected chi connectivity index (χ0v) is 13.6. The normalized spacial score (nSPS) is 10.8. The van der Waals surface area contributed by atoms with Crippen molar-refractivity contribution in [2.45, 2.75) is 25.8 Å². The first-order valence-corrected chi connectivity index (χ1v) is 7.88. The Bertz CT molecular complexity index is 987. The van der Waals surface area contributed by atoms with Gasteiger partial charge in [-0.3, -0.25) is 4.79 Å². The van der Waals surface area contributed by atoms with Crippen molar-refractivity contribution in [3.63, 3.8) is 0 Å². The number of rotatable bonds is 6. The largest absolute Gasteiger partial charge is 0.415 e. The van der Waals surface area contributed by atoms with Crippen LogP contribution in [0, 0.1) is 11.3 Å². The minimum absolute atomic E-state index is 0.109. The molecule has 0 saturated heterocycles. The molecular weight excluding hydrogens is 342 g/mol. The highest BCUT2D eigenvalue weighted by atomic mass is 19.3. The smallest absolute Gasteiger partial charge is 0.314 e. The molecule has 0 unspecified atom stereocenters. The van der Waals surface area contributed by atoms with Crippen molar-refractivity contribution in [3.05, 3.63) is 70.0 Å². The van der Waals surface area contributed by atoms with E-state index in [1.54, 1.807) is 24.4 Å². The van der Waals surface area contributed by atoms with Crippen molar-refractivity contribution in [1.82, 2.24) is 14.8 Å². The first-order chi connectivity index (χ1) is 12.6. The van der Waals surface area contributed by atoms with Crippen molar-refractivity contribution >= 4 is 0 Å². The van der Waals surface area contributed by atoms with Crippen LogP contribution in [0.15, 0.2) is 51.8 Å². The second-order valence-corrected chi connectivity index (χ2v) is 5.61. The number of halogens is 2. The molecule has 2 heterocycles. The molecule has 0 N–H and O–H groups in total. The Morgan fingerprint density at radius 3 is 2.58 bits per heavy atom. The second-order valence-electron chi connectivity index (χ2n) is 5.61. The van der Waals surface area contributed by atoms with Crippen LogP contribution in [0.25, 0.3) is 11.5 Å². The zero-order valence-electron chi connectivity index (χ0n) is 13.6. The number of hydrogen-bond donors (Lipinski definition) is 0. The van der Waals surface area contributed by atoms with E-state index in [-0.39, 0.29) is 11.4 Å². The number of pyridine rings is 1. The third kappa shape index (κ3) is 4.00. The molecule has 0 aliphatic heterocycles. The van der Waals surface area contributed by atoms with Crippen LogP contribution >= 0.6 is 0 Å². The van der Waals surface area contributed by atoms with Crippen LogP contribution in [0.1, 0.15) is 29.9 Å². The molecule has 26 heavy (non-hydrogen) atoms. The van der Waals surface area contributed by atoms with E-state index in [0.717, 1.165) is 18.4 Å². The SMILES string of the molecule is N#Cc1ccc(CCCn2ccc(-c3nnc(C(F)F)o3)cc2=O)cc1. The highest BCUT2D eigenvalue weighted by Crippen LogP contribution is 2.22. The molecule has 0 radical (unpaired) electrons. The maximum Gasteiger partial charge on any atom is 0.314 e. The van der Waals surface area contributed by atoms with E-state index in [1.165, 1.54) is 10.6 Å². The number of nitrogens with zero attached hydrogens (tertiary/aromatic N) is 4.